The molecule has 1 N–H and O–H groups in total. The summed E-state index contributed by atoms with van der Waals surface area (Å²) < 4.78 is 11.0. The van der Waals surface area contributed by atoms with Crippen LogP contribution >= 0.6 is 0 Å². The van der Waals surface area contributed by atoms with E-state index < -0.39 is 0 Å². The van der Waals surface area contributed by atoms with Crippen molar-refractivity contribution in [1.29, 1.82) is 0 Å². The number of ether oxygens (including phenoxy) is 1. The molecule has 0 saturated heterocycles. The number of aliphatic hydroxyl groups excluding tert-OH is 1. The summed E-state index contributed by atoms with van der Waals surface area (Å²) in [5.41, 5.74) is 3.14. The SMILES string of the molecule is CCc1ccccc1-c1cc2ccc(OCO)cc2o1. The van der Waals surface area contributed by atoms with Gasteiger partial charge in [-0.3, -0.25) is 0 Å². The third-order valence-electron chi connectivity index (χ3n) is 3.39. The van der Waals surface area contributed by atoms with Crippen molar-refractivity contribution in [2.75, 3.05) is 6.79 Å². The van der Waals surface area contributed by atoms with Crippen LogP contribution in [0.5, 0.6) is 5.75 Å². The maximum absolute atomic E-state index is 8.79. The molecule has 102 valence electrons. The number of aryl methyl sites for hydroxylation is 1. The lowest BCUT2D eigenvalue weighted by atomic mass is 10.0. The molecule has 2 aromatic carbocycles. The first-order chi connectivity index (χ1) is 9.81. The van der Waals surface area contributed by atoms with E-state index in [1.807, 2.05) is 30.3 Å². The first kappa shape index (κ1) is 12.8. The van der Waals surface area contributed by atoms with Crippen LogP contribution in [0.2, 0.25) is 0 Å². The Hall–Kier alpha value is -2.26. The average Bonchev–Trinajstić information content (AvgIpc) is 2.90. The molecule has 0 saturated carbocycles. The zero-order valence-corrected chi connectivity index (χ0v) is 11.3. The van der Waals surface area contributed by atoms with Gasteiger partial charge >= 0.3 is 0 Å². The normalized spacial score (nSPS) is 10.9. The standard InChI is InChI=1S/C17H16O3/c1-2-12-5-3-4-6-15(12)17-9-13-7-8-14(19-11-18)10-16(13)20-17/h3-10,18H,2,11H2,1H3. The van der Waals surface area contributed by atoms with Gasteiger partial charge in [-0.2, -0.15) is 0 Å². The second-order valence-electron chi connectivity index (χ2n) is 4.59. The Labute approximate surface area is 117 Å². The van der Waals surface area contributed by atoms with E-state index in [1.54, 1.807) is 6.07 Å². The van der Waals surface area contributed by atoms with Crippen molar-refractivity contribution in [3.63, 3.8) is 0 Å². The zero-order chi connectivity index (χ0) is 13.9. The Morgan fingerprint density at radius 3 is 2.75 bits per heavy atom. The lowest BCUT2D eigenvalue weighted by Crippen LogP contribution is -1.93. The van der Waals surface area contributed by atoms with Crippen molar-refractivity contribution in [1.82, 2.24) is 0 Å². The van der Waals surface area contributed by atoms with Gasteiger partial charge in [-0.1, -0.05) is 31.2 Å². The van der Waals surface area contributed by atoms with E-state index in [2.05, 4.69) is 19.1 Å². The van der Waals surface area contributed by atoms with Crippen molar-refractivity contribution in [3.05, 3.63) is 54.1 Å². The van der Waals surface area contributed by atoms with Crippen LogP contribution in [0.1, 0.15) is 12.5 Å². The maximum Gasteiger partial charge on any atom is 0.186 e. The van der Waals surface area contributed by atoms with Crippen LogP contribution in [0.4, 0.5) is 0 Å². The predicted molar refractivity (Wildman–Crippen MR) is 78.7 cm³/mol. The van der Waals surface area contributed by atoms with Crippen LogP contribution in [0.15, 0.2) is 52.9 Å². The molecular formula is C17H16O3. The molecule has 1 heterocycles. The minimum atomic E-state index is -0.336. The third kappa shape index (κ3) is 2.28. The van der Waals surface area contributed by atoms with Crippen molar-refractivity contribution in [2.24, 2.45) is 0 Å². The van der Waals surface area contributed by atoms with E-state index in [0.29, 0.717) is 5.75 Å². The first-order valence-corrected chi connectivity index (χ1v) is 6.67. The molecule has 0 aliphatic rings. The number of rotatable bonds is 4. The highest BCUT2D eigenvalue weighted by atomic mass is 16.6. The van der Waals surface area contributed by atoms with E-state index in [4.69, 9.17) is 14.3 Å². The Kier molecular flexibility index (Phi) is 3.44. The zero-order valence-electron chi connectivity index (χ0n) is 11.3. The third-order valence-corrected chi connectivity index (χ3v) is 3.39. The molecule has 3 nitrogen and oxygen atoms in total. The van der Waals surface area contributed by atoms with Gasteiger partial charge in [0.05, 0.1) is 0 Å². The molecule has 0 spiro atoms. The van der Waals surface area contributed by atoms with Gasteiger partial charge in [0.2, 0.25) is 0 Å². The van der Waals surface area contributed by atoms with E-state index in [1.165, 1.54) is 5.56 Å². The summed E-state index contributed by atoms with van der Waals surface area (Å²) in [6, 6.07) is 15.8. The Bertz CT molecular complexity index is 728. The fraction of sp³-hybridized carbons (Fsp3) is 0.176. The summed E-state index contributed by atoms with van der Waals surface area (Å²) in [5.74, 6) is 1.46. The summed E-state index contributed by atoms with van der Waals surface area (Å²) in [7, 11) is 0. The molecule has 0 aliphatic carbocycles. The number of aliphatic hydroxyl groups is 1. The largest absolute Gasteiger partial charge is 0.468 e. The molecular weight excluding hydrogens is 252 g/mol. The quantitative estimate of drug-likeness (QED) is 0.727. The minimum Gasteiger partial charge on any atom is -0.468 e. The summed E-state index contributed by atoms with van der Waals surface area (Å²) >= 11 is 0. The van der Waals surface area contributed by atoms with Crippen LogP contribution in [0.25, 0.3) is 22.3 Å². The van der Waals surface area contributed by atoms with E-state index in [9.17, 15) is 0 Å². The van der Waals surface area contributed by atoms with Crippen molar-refractivity contribution in [2.45, 2.75) is 13.3 Å². The molecule has 0 aliphatic heterocycles. The van der Waals surface area contributed by atoms with Gasteiger partial charge in [-0.05, 0) is 30.2 Å². The highest BCUT2D eigenvalue weighted by molar-refractivity contribution is 5.84. The molecule has 0 radical (unpaired) electrons. The lowest BCUT2D eigenvalue weighted by Gasteiger charge is -2.03. The Morgan fingerprint density at radius 2 is 1.95 bits per heavy atom. The monoisotopic (exact) mass is 268 g/mol. The van der Waals surface area contributed by atoms with Gasteiger partial charge in [0.25, 0.3) is 0 Å². The number of furan rings is 1. The molecule has 20 heavy (non-hydrogen) atoms. The van der Waals surface area contributed by atoms with E-state index in [0.717, 1.165) is 28.7 Å². The average molecular weight is 268 g/mol. The van der Waals surface area contributed by atoms with Gasteiger partial charge in [0, 0.05) is 17.0 Å². The van der Waals surface area contributed by atoms with Gasteiger partial charge < -0.3 is 14.3 Å². The summed E-state index contributed by atoms with van der Waals surface area (Å²) in [6.07, 6.45) is 0.964. The summed E-state index contributed by atoms with van der Waals surface area (Å²) in [6.45, 7) is 1.80. The number of hydrogen-bond donors (Lipinski definition) is 1. The first-order valence-electron chi connectivity index (χ1n) is 6.67. The summed E-state index contributed by atoms with van der Waals surface area (Å²) in [4.78, 5) is 0. The van der Waals surface area contributed by atoms with Gasteiger partial charge in [0.15, 0.2) is 6.79 Å². The molecule has 3 rings (SSSR count). The molecule has 1 aromatic heterocycles. The van der Waals surface area contributed by atoms with Crippen LogP contribution in [-0.2, 0) is 6.42 Å². The van der Waals surface area contributed by atoms with Crippen LogP contribution in [-0.4, -0.2) is 11.9 Å². The highest BCUT2D eigenvalue weighted by Crippen LogP contribution is 2.32. The molecule has 3 aromatic rings. The molecule has 0 bridgehead atoms. The maximum atomic E-state index is 8.79. The van der Waals surface area contributed by atoms with E-state index in [-0.39, 0.29) is 6.79 Å². The topological polar surface area (TPSA) is 42.6 Å². The van der Waals surface area contributed by atoms with Crippen LogP contribution in [0.3, 0.4) is 0 Å². The van der Waals surface area contributed by atoms with Crippen LogP contribution in [0, 0.1) is 0 Å². The molecule has 0 amide bonds. The molecule has 0 unspecified atom stereocenters. The van der Waals surface area contributed by atoms with Gasteiger partial charge in [-0.25, -0.2) is 0 Å². The lowest BCUT2D eigenvalue weighted by molar-refractivity contribution is 0.0986. The number of fused-ring (bicyclic) bond motifs is 1. The van der Waals surface area contributed by atoms with Crippen LogP contribution < -0.4 is 4.74 Å². The highest BCUT2D eigenvalue weighted by Gasteiger charge is 2.10. The molecule has 0 fully saturated rings. The second-order valence-corrected chi connectivity index (χ2v) is 4.59. The minimum absolute atomic E-state index is 0.336. The number of benzene rings is 2. The van der Waals surface area contributed by atoms with E-state index >= 15 is 0 Å². The summed E-state index contributed by atoms with van der Waals surface area (Å²) in [5, 5.41) is 9.81. The Balaban J connectivity index is 2.08. The molecule has 3 heteroatoms. The second kappa shape index (κ2) is 5.39. The van der Waals surface area contributed by atoms with Crippen molar-refractivity contribution >= 4 is 11.0 Å². The molecule has 0 atom stereocenters. The van der Waals surface area contributed by atoms with Gasteiger partial charge in [0.1, 0.15) is 17.1 Å². The fourth-order valence-corrected chi connectivity index (χ4v) is 2.38. The van der Waals surface area contributed by atoms with Crippen molar-refractivity contribution in [3.8, 4) is 17.1 Å². The predicted octanol–water partition coefficient (Wildman–Crippen LogP) is 3.99. The number of hydrogen-bond acceptors (Lipinski definition) is 3. The van der Waals surface area contributed by atoms with Crippen molar-refractivity contribution < 1.29 is 14.3 Å². The fourth-order valence-electron chi connectivity index (χ4n) is 2.38. The Morgan fingerprint density at radius 1 is 1.10 bits per heavy atom. The van der Waals surface area contributed by atoms with Gasteiger partial charge in [-0.15, -0.1) is 0 Å². The smallest absolute Gasteiger partial charge is 0.186 e.